The van der Waals surface area contributed by atoms with E-state index in [1.165, 1.54) is 19.3 Å². The van der Waals surface area contributed by atoms with Crippen molar-refractivity contribution < 1.29 is 9.53 Å². The highest BCUT2D eigenvalue weighted by Gasteiger charge is 2.26. The number of para-hydroxylation sites is 1. The second-order valence-electron chi connectivity index (χ2n) is 5.48. The SMILES string of the molecule is Nc1cccc2c1OCCN2C(=O)NC1CCCCC1. The van der Waals surface area contributed by atoms with E-state index in [4.69, 9.17) is 10.5 Å². The summed E-state index contributed by atoms with van der Waals surface area (Å²) in [5, 5.41) is 3.14. The van der Waals surface area contributed by atoms with Gasteiger partial charge in [-0.05, 0) is 25.0 Å². The summed E-state index contributed by atoms with van der Waals surface area (Å²) in [6.07, 6.45) is 5.86. The first-order chi connectivity index (χ1) is 9.75. The number of ether oxygens (including phenoxy) is 1. The lowest BCUT2D eigenvalue weighted by Gasteiger charge is -2.32. The summed E-state index contributed by atoms with van der Waals surface area (Å²) in [5.41, 5.74) is 7.25. The van der Waals surface area contributed by atoms with Gasteiger partial charge in [0, 0.05) is 6.04 Å². The van der Waals surface area contributed by atoms with E-state index in [1.807, 2.05) is 12.1 Å². The van der Waals surface area contributed by atoms with Crippen molar-refractivity contribution in [1.82, 2.24) is 5.32 Å². The summed E-state index contributed by atoms with van der Waals surface area (Å²) in [4.78, 5) is 14.2. The van der Waals surface area contributed by atoms with Crippen molar-refractivity contribution in [2.45, 2.75) is 38.1 Å². The number of nitrogens with two attached hydrogens (primary N) is 1. The number of hydrogen-bond donors (Lipinski definition) is 2. The molecule has 5 nitrogen and oxygen atoms in total. The first-order valence-corrected chi connectivity index (χ1v) is 7.35. The van der Waals surface area contributed by atoms with E-state index >= 15 is 0 Å². The van der Waals surface area contributed by atoms with Gasteiger partial charge in [0.2, 0.25) is 0 Å². The van der Waals surface area contributed by atoms with Gasteiger partial charge in [0.25, 0.3) is 0 Å². The number of nitrogens with one attached hydrogen (secondary N) is 1. The van der Waals surface area contributed by atoms with E-state index in [-0.39, 0.29) is 6.03 Å². The number of nitrogen functional groups attached to an aromatic ring is 1. The van der Waals surface area contributed by atoms with Gasteiger partial charge in [0.1, 0.15) is 6.61 Å². The predicted octanol–water partition coefficient (Wildman–Crippen LogP) is 2.51. The molecule has 1 saturated carbocycles. The number of carbonyl (C=O) groups excluding carboxylic acids is 1. The van der Waals surface area contributed by atoms with Crippen LogP contribution in [0.25, 0.3) is 0 Å². The third kappa shape index (κ3) is 2.53. The van der Waals surface area contributed by atoms with E-state index in [0.29, 0.717) is 30.6 Å². The molecule has 1 aliphatic heterocycles. The zero-order valence-electron chi connectivity index (χ0n) is 11.6. The Hall–Kier alpha value is -1.91. The summed E-state index contributed by atoms with van der Waals surface area (Å²) in [5.74, 6) is 0.623. The molecule has 0 atom stereocenters. The van der Waals surface area contributed by atoms with Gasteiger partial charge < -0.3 is 15.8 Å². The smallest absolute Gasteiger partial charge is 0.322 e. The molecule has 1 aromatic carbocycles. The minimum Gasteiger partial charge on any atom is -0.487 e. The lowest BCUT2D eigenvalue weighted by atomic mass is 9.96. The predicted molar refractivity (Wildman–Crippen MR) is 79.1 cm³/mol. The van der Waals surface area contributed by atoms with E-state index < -0.39 is 0 Å². The molecule has 5 heteroatoms. The van der Waals surface area contributed by atoms with Gasteiger partial charge in [-0.3, -0.25) is 4.90 Å². The molecule has 0 bridgehead atoms. The minimum atomic E-state index is -0.0351. The van der Waals surface area contributed by atoms with Gasteiger partial charge in [0.05, 0.1) is 17.9 Å². The Labute approximate surface area is 119 Å². The van der Waals surface area contributed by atoms with Crippen LogP contribution in [0.1, 0.15) is 32.1 Å². The van der Waals surface area contributed by atoms with Crippen LogP contribution >= 0.6 is 0 Å². The van der Waals surface area contributed by atoms with Gasteiger partial charge in [0.15, 0.2) is 5.75 Å². The molecule has 3 rings (SSSR count). The first-order valence-electron chi connectivity index (χ1n) is 7.35. The van der Waals surface area contributed by atoms with Gasteiger partial charge in [-0.15, -0.1) is 0 Å². The minimum absolute atomic E-state index is 0.0351. The second-order valence-corrected chi connectivity index (χ2v) is 5.48. The topological polar surface area (TPSA) is 67.6 Å². The largest absolute Gasteiger partial charge is 0.487 e. The number of amides is 2. The van der Waals surface area contributed by atoms with Gasteiger partial charge >= 0.3 is 6.03 Å². The lowest BCUT2D eigenvalue weighted by Crippen LogP contribution is -2.48. The molecular weight excluding hydrogens is 254 g/mol. The number of rotatable bonds is 1. The van der Waals surface area contributed by atoms with Crippen LogP contribution in [0, 0.1) is 0 Å². The standard InChI is InChI=1S/C15H21N3O2/c16-12-7-4-8-13-14(12)20-10-9-18(13)15(19)17-11-5-2-1-3-6-11/h4,7-8,11H,1-3,5-6,9-10,16H2,(H,17,19). The van der Waals surface area contributed by atoms with Crippen molar-refractivity contribution >= 4 is 17.4 Å². The maximum atomic E-state index is 12.5. The van der Waals surface area contributed by atoms with Crippen molar-refractivity contribution in [2.24, 2.45) is 0 Å². The summed E-state index contributed by atoms with van der Waals surface area (Å²) in [7, 11) is 0. The van der Waals surface area contributed by atoms with Gasteiger partial charge in [-0.25, -0.2) is 4.79 Å². The molecule has 0 saturated heterocycles. The molecule has 0 aromatic heterocycles. The maximum absolute atomic E-state index is 12.5. The average molecular weight is 275 g/mol. The Kier molecular flexibility index (Phi) is 3.67. The van der Waals surface area contributed by atoms with Crippen molar-refractivity contribution in [3.05, 3.63) is 18.2 Å². The molecule has 1 aromatic rings. The third-order valence-corrected chi connectivity index (χ3v) is 4.05. The van der Waals surface area contributed by atoms with E-state index in [0.717, 1.165) is 18.5 Å². The quantitative estimate of drug-likeness (QED) is 0.774. The van der Waals surface area contributed by atoms with Crippen molar-refractivity contribution in [3.63, 3.8) is 0 Å². The summed E-state index contributed by atoms with van der Waals surface area (Å²) >= 11 is 0. The fourth-order valence-corrected chi connectivity index (χ4v) is 2.98. The van der Waals surface area contributed by atoms with Crippen LogP contribution in [0.15, 0.2) is 18.2 Å². The number of hydrogen-bond acceptors (Lipinski definition) is 3. The van der Waals surface area contributed by atoms with Gasteiger partial charge in [-0.2, -0.15) is 0 Å². The van der Waals surface area contributed by atoms with E-state index in [2.05, 4.69) is 5.32 Å². The zero-order chi connectivity index (χ0) is 13.9. The van der Waals surface area contributed by atoms with E-state index in [9.17, 15) is 4.79 Å². The van der Waals surface area contributed by atoms with Crippen molar-refractivity contribution in [1.29, 1.82) is 0 Å². The van der Waals surface area contributed by atoms with Crippen LogP contribution in [0.5, 0.6) is 5.75 Å². The number of urea groups is 1. The summed E-state index contributed by atoms with van der Waals surface area (Å²) < 4.78 is 5.58. The molecule has 0 radical (unpaired) electrons. The molecule has 2 amide bonds. The van der Waals surface area contributed by atoms with Crippen LogP contribution in [0.4, 0.5) is 16.2 Å². The molecule has 20 heavy (non-hydrogen) atoms. The Bertz CT molecular complexity index is 498. The molecule has 2 aliphatic rings. The fourth-order valence-electron chi connectivity index (χ4n) is 2.98. The van der Waals surface area contributed by atoms with E-state index in [1.54, 1.807) is 11.0 Å². The molecular formula is C15H21N3O2. The molecule has 0 spiro atoms. The Morgan fingerprint density at radius 3 is 2.90 bits per heavy atom. The summed E-state index contributed by atoms with van der Waals surface area (Å²) in [6.45, 7) is 1.05. The highest BCUT2D eigenvalue weighted by Crippen LogP contribution is 2.36. The maximum Gasteiger partial charge on any atom is 0.322 e. The fraction of sp³-hybridized carbons (Fsp3) is 0.533. The molecule has 1 fully saturated rings. The highest BCUT2D eigenvalue weighted by atomic mass is 16.5. The average Bonchev–Trinajstić information content (AvgIpc) is 2.48. The Balaban J connectivity index is 1.74. The lowest BCUT2D eigenvalue weighted by molar-refractivity contribution is 0.232. The number of benzene rings is 1. The Morgan fingerprint density at radius 1 is 1.30 bits per heavy atom. The number of carbonyl (C=O) groups is 1. The van der Waals surface area contributed by atoms with Crippen LogP contribution in [-0.4, -0.2) is 25.2 Å². The second kappa shape index (κ2) is 5.61. The third-order valence-electron chi connectivity index (χ3n) is 4.05. The number of fused-ring (bicyclic) bond motifs is 1. The monoisotopic (exact) mass is 275 g/mol. The Morgan fingerprint density at radius 2 is 2.10 bits per heavy atom. The van der Waals surface area contributed by atoms with Crippen molar-refractivity contribution in [2.75, 3.05) is 23.8 Å². The van der Waals surface area contributed by atoms with Crippen molar-refractivity contribution in [3.8, 4) is 5.75 Å². The molecule has 108 valence electrons. The van der Waals surface area contributed by atoms with Crippen LogP contribution in [-0.2, 0) is 0 Å². The van der Waals surface area contributed by atoms with Crippen LogP contribution in [0.2, 0.25) is 0 Å². The molecule has 1 heterocycles. The number of nitrogens with zero attached hydrogens (tertiary/aromatic N) is 1. The van der Waals surface area contributed by atoms with Gasteiger partial charge in [-0.1, -0.05) is 25.3 Å². The normalized spacial score (nSPS) is 19.1. The van der Waals surface area contributed by atoms with Crippen LogP contribution in [0.3, 0.4) is 0 Å². The van der Waals surface area contributed by atoms with Crippen LogP contribution < -0.4 is 20.7 Å². The molecule has 1 aliphatic carbocycles. The summed E-state index contributed by atoms with van der Waals surface area (Å²) in [6, 6.07) is 5.80. The highest BCUT2D eigenvalue weighted by molar-refractivity contribution is 5.95. The molecule has 0 unspecified atom stereocenters. The zero-order valence-corrected chi connectivity index (χ0v) is 11.6. The molecule has 3 N–H and O–H groups in total. The number of anilines is 2. The first kappa shape index (κ1) is 13.1.